The van der Waals surface area contributed by atoms with E-state index >= 15 is 0 Å². The predicted octanol–water partition coefficient (Wildman–Crippen LogP) is 3.51. The van der Waals surface area contributed by atoms with Crippen LogP contribution < -0.4 is 14.8 Å². The number of benzene rings is 1. The Morgan fingerprint density at radius 3 is 2.64 bits per heavy atom. The van der Waals surface area contributed by atoms with Crippen molar-refractivity contribution < 1.29 is 24.2 Å². The highest BCUT2D eigenvalue weighted by molar-refractivity contribution is 6.32. The molecule has 0 bridgehead atoms. The number of hydrogen-bond donors (Lipinski definition) is 2. The number of amides is 1. The van der Waals surface area contributed by atoms with Crippen LogP contribution in [0.2, 0.25) is 5.02 Å². The molecule has 1 aliphatic rings. The average Bonchev–Trinajstić information content (AvgIpc) is 2.82. The second-order valence-electron chi connectivity index (χ2n) is 6.09. The fraction of sp³-hybridized carbons (Fsp3) is 0.556. The SMILES string of the molecule is CCOc1c(Cl)cc(C(=O)N[C@H]2CCCCC[C@H]2C(=O)O)cc1OC. The van der Waals surface area contributed by atoms with E-state index in [0.29, 0.717) is 36.5 Å². The van der Waals surface area contributed by atoms with Crippen molar-refractivity contribution in [2.75, 3.05) is 13.7 Å². The average molecular weight is 370 g/mol. The van der Waals surface area contributed by atoms with Crippen molar-refractivity contribution in [2.45, 2.75) is 45.1 Å². The van der Waals surface area contributed by atoms with Crippen LogP contribution in [0.1, 0.15) is 49.4 Å². The van der Waals surface area contributed by atoms with Crippen LogP contribution in [0.3, 0.4) is 0 Å². The third-order valence-electron chi connectivity index (χ3n) is 4.43. The Labute approximate surface area is 152 Å². The van der Waals surface area contributed by atoms with Gasteiger partial charge >= 0.3 is 5.97 Å². The minimum Gasteiger partial charge on any atom is -0.493 e. The summed E-state index contributed by atoms with van der Waals surface area (Å²) in [6.45, 7) is 2.25. The normalized spacial score (nSPS) is 20.4. The van der Waals surface area contributed by atoms with Crippen molar-refractivity contribution in [1.82, 2.24) is 5.32 Å². The number of carboxylic acids is 1. The summed E-state index contributed by atoms with van der Waals surface area (Å²) in [5.74, 6) is -1.03. The Balaban J connectivity index is 2.21. The van der Waals surface area contributed by atoms with Crippen LogP contribution in [-0.2, 0) is 4.79 Å². The van der Waals surface area contributed by atoms with Gasteiger partial charge in [0.05, 0.1) is 24.7 Å². The van der Waals surface area contributed by atoms with Gasteiger partial charge in [-0.2, -0.15) is 0 Å². The summed E-state index contributed by atoms with van der Waals surface area (Å²) in [6.07, 6.45) is 3.99. The number of carbonyl (C=O) groups is 2. The molecule has 25 heavy (non-hydrogen) atoms. The summed E-state index contributed by atoms with van der Waals surface area (Å²) in [7, 11) is 1.47. The van der Waals surface area contributed by atoms with E-state index in [1.807, 2.05) is 6.92 Å². The molecule has 1 saturated carbocycles. The molecule has 1 aromatic carbocycles. The molecule has 1 fully saturated rings. The highest BCUT2D eigenvalue weighted by atomic mass is 35.5. The number of methoxy groups -OCH3 is 1. The van der Waals surface area contributed by atoms with Crippen molar-refractivity contribution in [2.24, 2.45) is 5.92 Å². The van der Waals surface area contributed by atoms with Crippen molar-refractivity contribution in [3.8, 4) is 11.5 Å². The van der Waals surface area contributed by atoms with E-state index in [0.717, 1.165) is 19.3 Å². The molecule has 0 aliphatic heterocycles. The van der Waals surface area contributed by atoms with Crippen molar-refractivity contribution in [3.63, 3.8) is 0 Å². The van der Waals surface area contributed by atoms with E-state index in [-0.39, 0.29) is 17.0 Å². The highest BCUT2D eigenvalue weighted by Gasteiger charge is 2.31. The van der Waals surface area contributed by atoms with Crippen LogP contribution in [0.15, 0.2) is 12.1 Å². The Bertz CT molecular complexity index is 634. The molecule has 2 atom stereocenters. The van der Waals surface area contributed by atoms with E-state index in [2.05, 4.69) is 5.32 Å². The largest absolute Gasteiger partial charge is 0.493 e. The Morgan fingerprint density at radius 1 is 1.28 bits per heavy atom. The maximum atomic E-state index is 12.6. The Kier molecular flexibility index (Phi) is 6.93. The van der Waals surface area contributed by atoms with Crippen molar-refractivity contribution in [3.05, 3.63) is 22.7 Å². The molecule has 1 amide bonds. The van der Waals surface area contributed by atoms with Gasteiger partial charge in [0.15, 0.2) is 11.5 Å². The quantitative estimate of drug-likeness (QED) is 0.749. The summed E-state index contributed by atoms with van der Waals surface area (Å²) in [5, 5.41) is 12.6. The van der Waals surface area contributed by atoms with Gasteiger partial charge in [0.1, 0.15) is 0 Å². The molecule has 6 nitrogen and oxygen atoms in total. The molecular weight excluding hydrogens is 346 g/mol. The maximum Gasteiger partial charge on any atom is 0.308 e. The second-order valence-corrected chi connectivity index (χ2v) is 6.49. The minimum absolute atomic E-state index is 0.280. The van der Waals surface area contributed by atoms with Gasteiger partial charge < -0.3 is 19.9 Å². The lowest BCUT2D eigenvalue weighted by Gasteiger charge is -2.23. The molecule has 2 rings (SSSR count). The fourth-order valence-electron chi connectivity index (χ4n) is 3.16. The first-order chi connectivity index (χ1) is 12.0. The Hall–Kier alpha value is -1.95. The molecule has 0 saturated heterocycles. The number of hydrogen-bond acceptors (Lipinski definition) is 4. The first-order valence-corrected chi connectivity index (χ1v) is 8.89. The van der Waals surface area contributed by atoms with Gasteiger partial charge in [-0.05, 0) is 31.9 Å². The molecule has 7 heteroatoms. The first kappa shape index (κ1) is 19.4. The zero-order valence-corrected chi connectivity index (χ0v) is 15.3. The van der Waals surface area contributed by atoms with E-state index in [1.54, 1.807) is 6.07 Å². The van der Waals surface area contributed by atoms with Gasteiger partial charge in [-0.15, -0.1) is 0 Å². The van der Waals surface area contributed by atoms with Crippen LogP contribution >= 0.6 is 11.6 Å². The lowest BCUT2D eigenvalue weighted by Crippen LogP contribution is -2.42. The molecule has 2 N–H and O–H groups in total. The van der Waals surface area contributed by atoms with Gasteiger partial charge in [-0.1, -0.05) is 30.9 Å². The topological polar surface area (TPSA) is 84.9 Å². The molecule has 0 spiro atoms. The van der Waals surface area contributed by atoms with E-state index in [9.17, 15) is 14.7 Å². The zero-order chi connectivity index (χ0) is 18.4. The van der Waals surface area contributed by atoms with Crippen LogP contribution in [0.5, 0.6) is 11.5 Å². The molecular formula is C18H24ClNO5. The lowest BCUT2D eigenvalue weighted by molar-refractivity contribution is -0.142. The summed E-state index contributed by atoms with van der Waals surface area (Å²) < 4.78 is 10.7. The highest BCUT2D eigenvalue weighted by Crippen LogP contribution is 2.36. The minimum atomic E-state index is -0.866. The van der Waals surface area contributed by atoms with Crippen molar-refractivity contribution >= 4 is 23.5 Å². The molecule has 0 radical (unpaired) electrons. The second kappa shape index (κ2) is 8.94. The van der Waals surface area contributed by atoms with E-state index in [1.165, 1.54) is 13.2 Å². The van der Waals surface area contributed by atoms with Gasteiger partial charge in [0, 0.05) is 11.6 Å². The first-order valence-electron chi connectivity index (χ1n) is 8.51. The fourth-order valence-corrected chi connectivity index (χ4v) is 3.43. The van der Waals surface area contributed by atoms with E-state index < -0.39 is 11.9 Å². The number of ether oxygens (including phenoxy) is 2. The smallest absolute Gasteiger partial charge is 0.308 e. The van der Waals surface area contributed by atoms with Crippen molar-refractivity contribution in [1.29, 1.82) is 0 Å². The summed E-state index contributed by atoms with van der Waals surface area (Å²) in [4.78, 5) is 24.1. The standard InChI is InChI=1S/C18H24ClNO5/c1-3-25-16-13(19)9-11(10-15(16)24-2)17(21)20-14-8-6-4-5-7-12(14)18(22)23/h9-10,12,14H,3-8H2,1-2H3,(H,20,21)(H,22,23)/t12-,14+/m1/s1. The number of rotatable bonds is 6. The number of nitrogens with one attached hydrogen (secondary N) is 1. The summed E-state index contributed by atoms with van der Waals surface area (Å²) >= 11 is 6.21. The number of halogens is 1. The number of aliphatic carboxylic acids is 1. The number of carboxylic acid groups (broad SMARTS) is 1. The van der Waals surface area contributed by atoms with Crippen LogP contribution in [-0.4, -0.2) is 36.7 Å². The number of carbonyl (C=O) groups excluding carboxylic acids is 1. The van der Waals surface area contributed by atoms with Gasteiger partial charge in [-0.3, -0.25) is 9.59 Å². The molecule has 1 aromatic rings. The van der Waals surface area contributed by atoms with Crippen LogP contribution in [0, 0.1) is 5.92 Å². The van der Waals surface area contributed by atoms with Crippen LogP contribution in [0.25, 0.3) is 0 Å². The Morgan fingerprint density at radius 2 is 2.00 bits per heavy atom. The van der Waals surface area contributed by atoms with Gasteiger partial charge in [0.25, 0.3) is 5.91 Å². The van der Waals surface area contributed by atoms with Gasteiger partial charge in [0.2, 0.25) is 0 Å². The van der Waals surface area contributed by atoms with Crippen LogP contribution in [0.4, 0.5) is 0 Å². The molecule has 138 valence electrons. The molecule has 0 aromatic heterocycles. The lowest BCUT2D eigenvalue weighted by atomic mass is 9.94. The van der Waals surface area contributed by atoms with E-state index in [4.69, 9.17) is 21.1 Å². The third-order valence-corrected chi connectivity index (χ3v) is 4.71. The maximum absolute atomic E-state index is 12.6. The summed E-state index contributed by atoms with van der Waals surface area (Å²) in [6, 6.07) is 2.68. The molecule has 0 unspecified atom stereocenters. The predicted molar refractivity (Wildman–Crippen MR) is 94.6 cm³/mol. The monoisotopic (exact) mass is 369 g/mol. The third kappa shape index (κ3) is 4.78. The summed E-state index contributed by atoms with van der Waals surface area (Å²) in [5.41, 5.74) is 0.318. The molecule has 1 aliphatic carbocycles. The zero-order valence-electron chi connectivity index (χ0n) is 14.5. The molecule has 0 heterocycles. The van der Waals surface area contributed by atoms with Gasteiger partial charge in [-0.25, -0.2) is 0 Å².